The van der Waals surface area contributed by atoms with E-state index in [1.807, 2.05) is 26.8 Å². The monoisotopic (exact) mass is 384 g/mol. The number of benzene rings is 1. The Labute approximate surface area is 165 Å². The fraction of sp³-hybridized carbons (Fsp3) is 0.478. The maximum Gasteiger partial charge on any atom is 0.253 e. The normalized spacial score (nSPS) is 15.1. The average molecular weight is 384 g/mol. The summed E-state index contributed by atoms with van der Waals surface area (Å²) in [5.41, 5.74) is 2.79. The molecule has 0 saturated heterocycles. The summed E-state index contributed by atoms with van der Waals surface area (Å²) in [7, 11) is 0. The van der Waals surface area contributed by atoms with Crippen LogP contribution >= 0.6 is 0 Å². The molecule has 1 aromatic carbocycles. The first-order valence-electron chi connectivity index (χ1n) is 10.3. The third-order valence-electron chi connectivity index (χ3n) is 5.82. The van der Waals surface area contributed by atoms with E-state index in [1.54, 1.807) is 16.7 Å². The third-order valence-corrected chi connectivity index (χ3v) is 5.82. The van der Waals surface area contributed by atoms with Gasteiger partial charge in [0.1, 0.15) is 5.82 Å². The van der Waals surface area contributed by atoms with Crippen molar-refractivity contribution in [2.45, 2.75) is 65.5 Å². The van der Waals surface area contributed by atoms with Crippen LogP contribution in [0.3, 0.4) is 0 Å². The van der Waals surface area contributed by atoms with Gasteiger partial charge in [0.25, 0.3) is 11.5 Å². The number of aryl methyl sites for hydroxylation is 1. The van der Waals surface area contributed by atoms with Crippen molar-refractivity contribution in [1.29, 1.82) is 0 Å². The fourth-order valence-electron chi connectivity index (χ4n) is 4.08. The molecule has 3 rings (SSSR count). The van der Waals surface area contributed by atoms with Crippen LogP contribution in [-0.2, 0) is 13.0 Å². The molecule has 0 unspecified atom stereocenters. The van der Waals surface area contributed by atoms with Crippen LogP contribution in [0.25, 0.3) is 0 Å². The van der Waals surface area contributed by atoms with E-state index in [1.165, 1.54) is 12.1 Å². The number of carbonyl (C=O) groups is 1. The highest BCUT2D eigenvalue weighted by atomic mass is 19.1. The summed E-state index contributed by atoms with van der Waals surface area (Å²) in [6.45, 7) is 6.39. The van der Waals surface area contributed by atoms with Crippen molar-refractivity contribution < 1.29 is 9.18 Å². The van der Waals surface area contributed by atoms with Gasteiger partial charge in [-0.1, -0.05) is 32.4 Å². The van der Waals surface area contributed by atoms with Crippen molar-refractivity contribution in [2.24, 2.45) is 5.92 Å². The second kappa shape index (κ2) is 8.72. The summed E-state index contributed by atoms with van der Waals surface area (Å²) < 4.78 is 15.5. The molecule has 1 aliphatic rings. The van der Waals surface area contributed by atoms with Gasteiger partial charge in [-0.2, -0.15) is 0 Å². The van der Waals surface area contributed by atoms with Crippen LogP contribution in [0.1, 0.15) is 72.8 Å². The van der Waals surface area contributed by atoms with Crippen LogP contribution in [0.2, 0.25) is 0 Å². The predicted molar refractivity (Wildman–Crippen MR) is 109 cm³/mol. The Kier molecular flexibility index (Phi) is 6.32. The Balaban J connectivity index is 1.98. The summed E-state index contributed by atoms with van der Waals surface area (Å²) in [5, 5.41) is 3.16. The molecule has 0 aliphatic heterocycles. The predicted octanol–water partition coefficient (Wildman–Crippen LogP) is 4.54. The topological polar surface area (TPSA) is 51.1 Å². The van der Waals surface area contributed by atoms with Crippen LogP contribution in [-0.4, -0.2) is 10.5 Å². The minimum Gasteiger partial charge on any atom is -0.345 e. The molecule has 1 fully saturated rings. The molecule has 1 aromatic heterocycles. The molecule has 150 valence electrons. The first-order valence-corrected chi connectivity index (χ1v) is 10.3. The zero-order valence-corrected chi connectivity index (χ0v) is 16.9. The summed E-state index contributed by atoms with van der Waals surface area (Å²) >= 11 is 0. The van der Waals surface area contributed by atoms with Crippen molar-refractivity contribution in [2.75, 3.05) is 0 Å². The van der Waals surface area contributed by atoms with Crippen LogP contribution < -0.4 is 10.9 Å². The number of hydrogen-bond donors (Lipinski definition) is 1. The van der Waals surface area contributed by atoms with Gasteiger partial charge >= 0.3 is 0 Å². The maximum absolute atomic E-state index is 13.8. The van der Waals surface area contributed by atoms with E-state index in [2.05, 4.69) is 5.32 Å². The minimum absolute atomic E-state index is 0.0616. The van der Waals surface area contributed by atoms with Crippen LogP contribution in [0.4, 0.5) is 4.39 Å². The molecule has 0 spiro atoms. The lowest BCUT2D eigenvalue weighted by molar-refractivity contribution is 0.0897. The number of hydrogen-bond acceptors (Lipinski definition) is 2. The van der Waals surface area contributed by atoms with Crippen molar-refractivity contribution in [3.8, 4) is 0 Å². The molecule has 5 heteroatoms. The summed E-state index contributed by atoms with van der Waals surface area (Å²) in [6, 6.07) is 7.85. The molecule has 1 N–H and O–H groups in total. The van der Waals surface area contributed by atoms with E-state index in [-0.39, 0.29) is 23.3 Å². The van der Waals surface area contributed by atoms with Gasteiger partial charge in [-0.25, -0.2) is 4.39 Å². The van der Waals surface area contributed by atoms with E-state index in [4.69, 9.17) is 0 Å². The number of halogens is 1. The molecule has 4 nitrogen and oxygen atoms in total. The quantitative estimate of drug-likeness (QED) is 0.762. The van der Waals surface area contributed by atoms with Crippen molar-refractivity contribution >= 4 is 5.91 Å². The average Bonchev–Trinajstić information content (AvgIpc) is 2.62. The number of carbonyl (C=O) groups excluding carboxylic acids is 1. The zero-order valence-electron chi connectivity index (χ0n) is 16.9. The number of nitrogens with one attached hydrogen (secondary N) is 1. The third kappa shape index (κ3) is 4.03. The fourth-order valence-corrected chi connectivity index (χ4v) is 4.08. The molecule has 28 heavy (non-hydrogen) atoms. The molecular formula is C23H29FN2O2. The summed E-state index contributed by atoms with van der Waals surface area (Å²) in [4.78, 5) is 25.7. The first-order chi connectivity index (χ1) is 13.5. The minimum atomic E-state index is -0.294. The smallest absolute Gasteiger partial charge is 0.253 e. The molecule has 1 atom stereocenters. The molecule has 2 aromatic rings. The van der Waals surface area contributed by atoms with Crippen LogP contribution in [0.15, 0.2) is 35.1 Å². The molecule has 0 bridgehead atoms. The highest BCUT2D eigenvalue weighted by molar-refractivity contribution is 5.97. The standard InChI is InChI=1S/C23H29FN2O2/c1-4-12-26-15(3)21(16(5-2)14-20(26)27)23(28)25-22(17-8-6-9-17)18-10-7-11-19(24)13-18/h7,10-11,13-14,17,22H,4-6,8-9,12H2,1-3H3,(H,25,28)/t22-/m0/s1. The lowest BCUT2D eigenvalue weighted by atomic mass is 9.77. The van der Waals surface area contributed by atoms with Gasteiger partial charge in [0.15, 0.2) is 0 Å². The van der Waals surface area contributed by atoms with Crippen LogP contribution in [0, 0.1) is 18.7 Å². The molecule has 1 amide bonds. The molecular weight excluding hydrogens is 355 g/mol. The van der Waals surface area contributed by atoms with E-state index in [0.717, 1.165) is 36.8 Å². The first kappa shape index (κ1) is 20.3. The van der Waals surface area contributed by atoms with Gasteiger partial charge < -0.3 is 9.88 Å². The van der Waals surface area contributed by atoms with Gasteiger partial charge in [0.2, 0.25) is 0 Å². The van der Waals surface area contributed by atoms with Gasteiger partial charge in [0, 0.05) is 18.3 Å². The Morgan fingerprint density at radius 3 is 2.61 bits per heavy atom. The van der Waals surface area contributed by atoms with E-state index >= 15 is 0 Å². The zero-order chi connectivity index (χ0) is 20.3. The lowest BCUT2D eigenvalue weighted by Crippen LogP contribution is -2.38. The number of nitrogens with zero attached hydrogens (tertiary/aromatic N) is 1. The molecule has 1 heterocycles. The molecule has 1 saturated carbocycles. The van der Waals surface area contributed by atoms with Crippen molar-refractivity contribution in [3.63, 3.8) is 0 Å². The summed E-state index contributed by atoms with van der Waals surface area (Å²) in [6.07, 6.45) is 4.61. The van der Waals surface area contributed by atoms with E-state index in [0.29, 0.717) is 30.1 Å². The number of pyridine rings is 1. The highest BCUT2D eigenvalue weighted by Crippen LogP contribution is 2.38. The number of rotatable bonds is 7. The number of aromatic nitrogens is 1. The second-order valence-electron chi connectivity index (χ2n) is 7.67. The van der Waals surface area contributed by atoms with E-state index < -0.39 is 0 Å². The van der Waals surface area contributed by atoms with E-state index in [9.17, 15) is 14.0 Å². The number of amides is 1. The Hall–Kier alpha value is -2.43. The Bertz CT molecular complexity index is 915. The SMILES string of the molecule is CCCn1c(C)c(C(=O)N[C@H](c2cccc(F)c2)C2CCC2)c(CC)cc1=O. The summed E-state index contributed by atoms with van der Waals surface area (Å²) in [5.74, 6) is -0.156. The second-order valence-corrected chi connectivity index (χ2v) is 7.67. The van der Waals surface area contributed by atoms with Gasteiger partial charge in [-0.3, -0.25) is 9.59 Å². The highest BCUT2D eigenvalue weighted by Gasteiger charge is 2.31. The largest absolute Gasteiger partial charge is 0.345 e. The van der Waals surface area contributed by atoms with Crippen molar-refractivity contribution in [3.05, 3.63) is 68.9 Å². The van der Waals surface area contributed by atoms with Crippen molar-refractivity contribution in [1.82, 2.24) is 9.88 Å². The Morgan fingerprint density at radius 1 is 1.29 bits per heavy atom. The maximum atomic E-state index is 13.8. The van der Waals surface area contributed by atoms with Crippen LogP contribution in [0.5, 0.6) is 0 Å². The molecule has 1 aliphatic carbocycles. The molecule has 0 radical (unpaired) electrons. The van der Waals surface area contributed by atoms with Gasteiger partial charge in [-0.15, -0.1) is 0 Å². The van der Waals surface area contributed by atoms with Gasteiger partial charge in [0.05, 0.1) is 11.6 Å². The lowest BCUT2D eigenvalue weighted by Gasteiger charge is -2.35. The van der Waals surface area contributed by atoms with Gasteiger partial charge in [-0.05, 0) is 61.8 Å². The Morgan fingerprint density at radius 2 is 2.04 bits per heavy atom.